The molecule has 0 radical (unpaired) electrons. The summed E-state index contributed by atoms with van der Waals surface area (Å²) in [5.41, 5.74) is 6.25. The van der Waals surface area contributed by atoms with Crippen molar-refractivity contribution < 1.29 is 14.3 Å². The third-order valence-electron chi connectivity index (χ3n) is 4.73. The first-order chi connectivity index (χ1) is 14.6. The summed E-state index contributed by atoms with van der Waals surface area (Å²) in [4.78, 5) is 16.2. The second kappa shape index (κ2) is 9.45. The number of benzene rings is 2. The topological polar surface area (TPSA) is 91.9 Å². The second-order valence-corrected chi connectivity index (χ2v) is 6.40. The lowest BCUT2D eigenvalue weighted by Gasteiger charge is -2.06. The molecule has 2 aromatic heterocycles. The maximum Gasteiger partial charge on any atom is 0.373 e. The van der Waals surface area contributed by atoms with Gasteiger partial charge in [-0.1, -0.05) is 24.3 Å². The summed E-state index contributed by atoms with van der Waals surface area (Å²) < 4.78 is 8.92. The molecule has 8 nitrogen and oxygen atoms in total. The molecule has 0 saturated heterocycles. The number of rotatable bonds is 5. The van der Waals surface area contributed by atoms with Gasteiger partial charge in [0, 0.05) is 11.3 Å². The van der Waals surface area contributed by atoms with Crippen molar-refractivity contribution in [3.8, 4) is 28.4 Å². The van der Waals surface area contributed by atoms with Crippen molar-refractivity contribution in [2.24, 2.45) is 0 Å². The van der Waals surface area contributed by atoms with Crippen LogP contribution >= 0.6 is 0 Å². The fourth-order valence-corrected chi connectivity index (χ4v) is 3.08. The molecule has 0 aliphatic heterocycles. The minimum Gasteiger partial charge on any atom is -0.497 e. The van der Waals surface area contributed by atoms with E-state index in [2.05, 4.69) is 41.4 Å². The van der Waals surface area contributed by atoms with Gasteiger partial charge in [-0.15, -0.1) is 5.10 Å². The Labute approximate surface area is 173 Å². The maximum absolute atomic E-state index is 8.12. The van der Waals surface area contributed by atoms with Crippen molar-refractivity contribution in [1.29, 1.82) is 0 Å². The number of nitrogens with zero attached hydrogens (tertiary/aromatic N) is 5. The molecule has 0 fully saturated rings. The van der Waals surface area contributed by atoms with Crippen molar-refractivity contribution in [2.75, 3.05) is 7.11 Å². The molecule has 0 unspecified atom stereocenters. The molecule has 2 heterocycles. The Bertz CT molecular complexity index is 1140. The molecule has 0 bridgehead atoms. The van der Waals surface area contributed by atoms with Crippen molar-refractivity contribution in [1.82, 2.24) is 24.8 Å². The van der Waals surface area contributed by atoms with Gasteiger partial charge in [0.25, 0.3) is 0 Å². The SMILES string of the molecule is CCc1cnn(-c2ccc(-c3cn(-c4ccc(OC)cc4)nn3)cc2)c1C.O=C=O. The van der Waals surface area contributed by atoms with Crippen LogP contribution in [0.25, 0.3) is 22.6 Å². The van der Waals surface area contributed by atoms with Crippen LogP contribution in [0.2, 0.25) is 0 Å². The first-order valence-electron chi connectivity index (χ1n) is 9.31. The second-order valence-electron chi connectivity index (χ2n) is 6.40. The third-order valence-corrected chi connectivity index (χ3v) is 4.73. The van der Waals surface area contributed by atoms with Crippen LogP contribution < -0.4 is 4.74 Å². The molecule has 4 aromatic rings. The minimum absolute atomic E-state index is 0.250. The zero-order valence-electron chi connectivity index (χ0n) is 16.9. The molecule has 0 amide bonds. The van der Waals surface area contributed by atoms with E-state index in [-0.39, 0.29) is 6.15 Å². The largest absolute Gasteiger partial charge is 0.497 e. The first kappa shape index (κ1) is 20.7. The highest BCUT2D eigenvalue weighted by atomic mass is 16.5. The Morgan fingerprint density at radius 1 is 1.00 bits per heavy atom. The van der Waals surface area contributed by atoms with E-state index < -0.39 is 0 Å². The lowest BCUT2D eigenvalue weighted by molar-refractivity contribution is -0.191. The fourth-order valence-electron chi connectivity index (χ4n) is 3.08. The Kier molecular flexibility index (Phi) is 6.52. The van der Waals surface area contributed by atoms with E-state index in [1.54, 1.807) is 11.8 Å². The molecule has 30 heavy (non-hydrogen) atoms. The summed E-state index contributed by atoms with van der Waals surface area (Å²) >= 11 is 0. The number of methoxy groups -OCH3 is 1. The zero-order valence-corrected chi connectivity index (χ0v) is 16.9. The summed E-state index contributed by atoms with van der Waals surface area (Å²) in [6.45, 7) is 4.24. The first-order valence-corrected chi connectivity index (χ1v) is 9.31. The summed E-state index contributed by atoms with van der Waals surface area (Å²) in [5.74, 6) is 0.815. The van der Waals surface area contributed by atoms with E-state index in [4.69, 9.17) is 14.3 Å². The molecule has 0 saturated carbocycles. The standard InChI is InChI=1S/C21H21N5O.CO2/c1-4-16-13-22-26(15(16)2)19-7-5-17(6-8-19)21-14-25(24-23-21)18-9-11-20(27-3)12-10-18;2-1-3/h5-14H,4H2,1-3H3;. The van der Waals surface area contributed by atoms with Crippen LogP contribution in [-0.4, -0.2) is 38.0 Å². The average Bonchev–Trinajstić information content (AvgIpc) is 3.41. The summed E-state index contributed by atoms with van der Waals surface area (Å²) in [6, 6.07) is 15.9. The van der Waals surface area contributed by atoms with Gasteiger partial charge in [0.1, 0.15) is 11.4 Å². The summed E-state index contributed by atoms with van der Waals surface area (Å²) in [6.07, 6.45) is 5.09. The Morgan fingerprint density at radius 2 is 1.63 bits per heavy atom. The van der Waals surface area contributed by atoms with Crippen LogP contribution in [0, 0.1) is 6.92 Å². The van der Waals surface area contributed by atoms with Crippen LogP contribution in [0.1, 0.15) is 18.2 Å². The lowest BCUT2D eigenvalue weighted by atomic mass is 10.1. The van der Waals surface area contributed by atoms with E-state index >= 15 is 0 Å². The molecular weight excluding hydrogens is 382 g/mol. The fraction of sp³-hybridized carbons (Fsp3) is 0.182. The highest BCUT2D eigenvalue weighted by molar-refractivity contribution is 5.60. The van der Waals surface area contributed by atoms with E-state index in [0.29, 0.717) is 0 Å². The predicted molar refractivity (Wildman–Crippen MR) is 110 cm³/mol. The number of ether oxygens (including phenoxy) is 1. The third kappa shape index (κ3) is 4.34. The molecule has 2 aromatic carbocycles. The Hall–Kier alpha value is -4.03. The molecule has 152 valence electrons. The van der Waals surface area contributed by atoms with Gasteiger partial charge in [-0.05, 0) is 55.3 Å². The number of aryl methyl sites for hydroxylation is 1. The van der Waals surface area contributed by atoms with Crippen molar-refractivity contribution in [3.05, 3.63) is 72.2 Å². The Morgan fingerprint density at radius 3 is 2.20 bits per heavy atom. The zero-order chi connectivity index (χ0) is 21.5. The molecular formula is C22H21N5O3. The molecule has 0 spiro atoms. The van der Waals surface area contributed by atoms with Gasteiger partial charge >= 0.3 is 6.15 Å². The maximum atomic E-state index is 8.12. The smallest absolute Gasteiger partial charge is 0.373 e. The van der Waals surface area contributed by atoms with Gasteiger partial charge in [-0.2, -0.15) is 14.7 Å². The van der Waals surface area contributed by atoms with Crippen LogP contribution in [0.15, 0.2) is 60.9 Å². The van der Waals surface area contributed by atoms with Crippen LogP contribution in [0.4, 0.5) is 0 Å². The molecule has 0 atom stereocenters. The van der Waals surface area contributed by atoms with E-state index in [1.165, 1.54) is 11.3 Å². The summed E-state index contributed by atoms with van der Waals surface area (Å²) in [7, 11) is 1.65. The normalized spacial score (nSPS) is 10.1. The van der Waals surface area contributed by atoms with Gasteiger partial charge in [0.2, 0.25) is 0 Å². The van der Waals surface area contributed by atoms with Gasteiger partial charge in [-0.3, -0.25) is 0 Å². The summed E-state index contributed by atoms with van der Waals surface area (Å²) in [5, 5.41) is 13.0. The number of hydrogen-bond acceptors (Lipinski definition) is 6. The highest BCUT2D eigenvalue weighted by Gasteiger charge is 2.09. The molecule has 0 N–H and O–H groups in total. The highest BCUT2D eigenvalue weighted by Crippen LogP contribution is 2.22. The van der Waals surface area contributed by atoms with E-state index in [9.17, 15) is 0 Å². The van der Waals surface area contributed by atoms with Crippen molar-refractivity contribution in [2.45, 2.75) is 20.3 Å². The number of carbonyl (C=O) groups excluding carboxylic acids is 2. The molecule has 4 rings (SSSR count). The number of aromatic nitrogens is 5. The molecule has 0 aliphatic rings. The van der Waals surface area contributed by atoms with Gasteiger partial charge in [0.05, 0.1) is 30.9 Å². The van der Waals surface area contributed by atoms with Gasteiger partial charge in [-0.25, -0.2) is 9.36 Å². The minimum atomic E-state index is 0.250. The monoisotopic (exact) mass is 403 g/mol. The predicted octanol–water partition coefficient (Wildman–Crippen LogP) is 3.42. The van der Waals surface area contributed by atoms with Crippen molar-refractivity contribution in [3.63, 3.8) is 0 Å². The van der Waals surface area contributed by atoms with Gasteiger partial charge < -0.3 is 4.74 Å². The van der Waals surface area contributed by atoms with Crippen LogP contribution in [0.5, 0.6) is 5.75 Å². The Balaban J connectivity index is 0.000000806. The van der Waals surface area contributed by atoms with Crippen molar-refractivity contribution >= 4 is 6.15 Å². The molecule has 8 heteroatoms. The molecule has 0 aliphatic carbocycles. The lowest BCUT2D eigenvalue weighted by Crippen LogP contribution is -1.99. The quantitative estimate of drug-likeness (QED) is 0.507. The van der Waals surface area contributed by atoms with Gasteiger partial charge in [0.15, 0.2) is 0 Å². The number of hydrogen-bond donors (Lipinski definition) is 0. The van der Waals surface area contributed by atoms with Crippen LogP contribution in [-0.2, 0) is 16.0 Å². The van der Waals surface area contributed by atoms with Crippen LogP contribution in [0.3, 0.4) is 0 Å². The average molecular weight is 403 g/mol. The van der Waals surface area contributed by atoms with E-state index in [0.717, 1.165) is 34.8 Å². The van der Waals surface area contributed by atoms with E-state index in [1.807, 2.05) is 53.5 Å².